The third-order valence-corrected chi connectivity index (χ3v) is 4.16. The monoisotopic (exact) mass is 283 g/mol. The first kappa shape index (κ1) is 17.9. The van der Waals surface area contributed by atoms with Crippen molar-refractivity contribution in [2.45, 2.75) is 76.7 Å². The third-order valence-electron chi connectivity index (χ3n) is 4.16. The molecule has 1 aliphatic carbocycles. The quantitative estimate of drug-likeness (QED) is 0.792. The predicted molar refractivity (Wildman–Crippen MR) is 88.9 cm³/mol. The molecule has 120 valence electrons. The Morgan fingerprint density at radius 2 is 1.25 bits per heavy atom. The molecule has 0 spiro atoms. The van der Waals surface area contributed by atoms with Gasteiger partial charge in [-0.15, -0.1) is 0 Å². The van der Waals surface area contributed by atoms with Gasteiger partial charge in [0.2, 0.25) is 0 Å². The number of rotatable bonds is 1. The zero-order chi connectivity index (χ0) is 14.6. The van der Waals surface area contributed by atoms with Crippen LogP contribution in [0.25, 0.3) is 0 Å². The van der Waals surface area contributed by atoms with Crippen LogP contribution in [-0.4, -0.2) is 50.2 Å². The van der Waals surface area contributed by atoms with Gasteiger partial charge in [0.05, 0.1) is 0 Å². The summed E-state index contributed by atoms with van der Waals surface area (Å²) in [6.07, 6.45) is 15.8. The van der Waals surface area contributed by atoms with Crippen molar-refractivity contribution in [3.63, 3.8) is 0 Å². The Labute approximate surface area is 127 Å². The molecule has 2 fully saturated rings. The van der Waals surface area contributed by atoms with E-state index in [1.165, 1.54) is 83.7 Å². The summed E-state index contributed by atoms with van der Waals surface area (Å²) in [6, 6.07) is 0.832. The van der Waals surface area contributed by atoms with E-state index >= 15 is 0 Å². The molecule has 3 nitrogen and oxygen atoms in total. The topological polar surface area (TPSA) is 18.5 Å². The highest BCUT2D eigenvalue weighted by Crippen LogP contribution is 2.21. The van der Waals surface area contributed by atoms with Gasteiger partial charge < -0.3 is 4.90 Å². The number of hydrogen-bond donors (Lipinski definition) is 1. The van der Waals surface area contributed by atoms with Gasteiger partial charge in [0.15, 0.2) is 0 Å². The summed E-state index contributed by atoms with van der Waals surface area (Å²) in [7, 11) is 6.00. The molecule has 2 rings (SSSR count). The van der Waals surface area contributed by atoms with E-state index in [1.807, 2.05) is 26.0 Å². The Balaban J connectivity index is 0.000000444. The van der Waals surface area contributed by atoms with Gasteiger partial charge in [-0.25, -0.2) is 5.01 Å². The van der Waals surface area contributed by atoms with E-state index in [-0.39, 0.29) is 0 Å². The summed E-state index contributed by atoms with van der Waals surface area (Å²) in [4.78, 5) is 2.00. The van der Waals surface area contributed by atoms with E-state index in [1.54, 1.807) is 0 Å². The Hall–Kier alpha value is -0.120. The highest BCUT2D eigenvalue weighted by Gasteiger charge is 2.19. The summed E-state index contributed by atoms with van der Waals surface area (Å²) in [5.74, 6) is 0. The summed E-state index contributed by atoms with van der Waals surface area (Å²) in [5, 5.41) is 2.59. The first-order chi connectivity index (χ1) is 9.70. The minimum absolute atomic E-state index is 0.832. The maximum absolute atomic E-state index is 3.67. The van der Waals surface area contributed by atoms with Crippen molar-refractivity contribution >= 4 is 0 Å². The fraction of sp³-hybridized carbons (Fsp3) is 1.00. The molecule has 0 aromatic carbocycles. The van der Waals surface area contributed by atoms with E-state index in [2.05, 4.69) is 10.4 Å². The largest absolute Gasteiger partial charge is 0.312 e. The van der Waals surface area contributed by atoms with Crippen LogP contribution in [0.4, 0.5) is 0 Å². The predicted octanol–water partition coefficient (Wildman–Crippen LogP) is 3.66. The average Bonchev–Trinajstić information content (AvgIpc) is 2.28. The number of nitrogens with one attached hydrogen (secondary N) is 1. The molecule has 0 aromatic heterocycles. The third kappa shape index (κ3) is 8.93. The lowest BCUT2D eigenvalue weighted by Crippen LogP contribution is -2.47. The molecule has 0 unspecified atom stereocenters. The Kier molecular flexibility index (Phi) is 10.3. The van der Waals surface area contributed by atoms with E-state index < -0.39 is 0 Å². The van der Waals surface area contributed by atoms with Crippen LogP contribution in [0.2, 0.25) is 0 Å². The normalized spacial score (nSPS) is 24.0. The summed E-state index contributed by atoms with van der Waals surface area (Å²) < 4.78 is 0. The van der Waals surface area contributed by atoms with Gasteiger partial charge in [0.1, 0.15) is 0 Å². The molecule has 1 N–H and O–H groups in total. The molecule has 0 bridgehead atoms. The highest BCUT2D eigenvalue weighted by atomic mass is 15.5. The van der Waals surface area contributed by atoms with Crippen LogP contribution in [-0.2, 0) is 0 Å². The van der Waals surface area contributed by atoms with E-state index in [4.69, 9.17) is 0 Å². The Morgan fingerprint density at radius 3 is 1.90 bits per heavy atom. The van der Waals surface area contributed by atoms with Crippen molar-refractivity contribution in [2.24, 2.45) is 0 Å². The lowest BCUT2D eigenvalue weighted by Gasteiger charge is -2.34. The van der Waals surface area contributed by atoms with Crippen molar-refractivity contribution < 1.29 is 0 Å². The van der Waals surface area contributed by atoms with Crippen LogP contribution in [0.3, 0.4) is 0 Å². The van der Waals surface area contributed by atoms with E-state index in [9.17, 15) is 0 Å². The molecule has 20 heavy (non-hydrogen) atoms. The lowest BCUT2D eigenvalue weighted by atomic mass is 9.96. The Morgan fingerprint density at radius 1 is 0.750 bits per heavy atom. The van der Waals surface area contributed by atoms with Crippen LogP contribution >= 0.6 is 0 Å². The molecule has 0 atom stereocenters. The maximum Gasteiger partial charge on any atom is 0.0243 e. The summed E-state index contributed by atoms with van der Waals surface area (Å²) in [6.45, 7) is 2.49. The van der Waals surface area contributed by atoms with E-state index in [0.717, 1.165) is 6.04 Å². The van der Waals surface area contributed by atoms with Crippen LogP contribution in [0.15, 0.2) is 0 Å². The number of hydrazine groups is 1. The molecule has 1 saturated heterocycles. The fourth-order valence-electron chi connectivity index (χ4n) is 3.12. The van der Waals surface area contributed by atoms with Crippen molar-refractivity contribution in [1.82, 2.24) is 15.3 Å². The minimum Gasteiger partial charge on any atom is -0.312 e. The second-order valence-electron chi connectivity index (χ2n) is 6.86. The molecule has 0 aromatic rings. The smallest absolute Gasteiger partial charge is 0.0243 e. The van der Waals surface area contributed by atoms with Gasteiger partial charge in [-0.2, -0.15) is 0 Å². The van der Waals surface area contributed by atoms with Crippen LogP contribution < -0.4 is 5.43 Å². The van der Waals surface area contributed by atoms with Gasteiger partial charge in [-0.1, -0.05) is 44.9 Å². The second kappa shape index (κ2) is 11.5. The first-order valence-corrected chi connectivity index (χ1v) is 8.81. The number of nitrogens with zero attached hydrogens (tertiary/aromatic N) is 2. The summed E-state index contributed by atoms with van der Waals surface area (Å²) in [5.41, 5.74) is 3.67. The molecule has 0 amide bonds. The molecule has 2 aliphatic rings. The van der Waals surface area contributed by atoms with Crippen LogP contribution in [0, 0.1) is 0 Å². The van der Waals surface area contributed by atoms with Crippen molar-refractivity contribution in [3.05, 3.63) is 0 Å². The first-order valence-electron chi connectivity index (χ1n) is 8.81. The molecular weight excluding hydrogens is 246 g/mol. The van der Waals surface area contributed by atoms with Gasteiger partial charge in [0.25, 0.3) is 0 Å². The highest BCUT2D eigenvalue weighted by molar-refractivity contribution is 4.72. The van der Waals surface area contributed by atoms with Crippen molar-refractivity contribution in [1.29, 1.82) is 0 Å². The van der Waals surface area contributed by atoms with Crippen molar-refractivity contribution in [3.8, 4) is 0 Å². The van der Waals surface area contributed by atoms with Crippen LogP contribution in [0.5, 0.6) is 0 Å². The Bertz CT molecular complexity index is 180. The zero-order valence-corrected chi connectivity index (χ0v) is 14.2. The average molecular weight is 284 g/mol. The fourth-order valence-corrected chi connectivity index (χ4v) is 3.12. The number of hydrogen-bond acceptors (Lipinski definition) is 3. The maximum atomic E-state index is 3.67. The molecular formula is C17H37N3. The summed E-state index contributed by atoms with van der Waals surface area (Å²) >= 11 is 0. The minimum atomic E-state index is 0.832. The van der Waals surface area contributed by atoms with Gasteiger partial charge in [0, 0.05) is 19.1 Å². The molecule has 1 aliphatic heterocycles. The van der Waals surface area contributed by atoms with Gasteiger partial charge in [-0.3, -0.25) is 5.43 Å². The molecule has 1 saturated carbocycles. The van der Waals surface area contributed by atoms with Gasteiger partial charge in [-0.05, 0) is 46.8 Å². The second-order valence-corrected chi connectivity index (χ2v) is 6.86. The zero-order valence-electron chi connectivity index (χ0n) is 14.2. The standard InChI is InChI=1S/C14H28N2.C3H9N/c1-2-6-10-14(11-7-3-1)16-13-9-5-4-8-12-15-16;1-4(2)3/h14-15H,1-13H2;1-3H3. The van der Waals surface area contributed by atoms with Crippen LogP contribution in [0.1, 0.15) is 70.6 Å². The lowest BCUT2D eigenvalue weighted by molar-refractivity contribution is 0.0927. The van der Waals surface area contributed by atoms with Gasteiger partial charge >= 0.3 is 0 Å². The molecule has 3 heteroatoms. The molecule has 1 heterocycles. The van der Waals surface area contributed by atoms with Crippen molar-refractivity contribution in [2.75, 3.05) is 34.2 Å². The van der Waals surface area contributed by atoms with E-state index in [0.29, 0.717) is 0 Å². The SMILES string of the molecule is C1CCCC(N2CCCCCCN2)CCC1.CN(C)C. The molecule has 0 radical (unpaired) electrons.